The minimum atomic E-state index is -0.192. The normalized spacial score (nSPS) is 10.9. The molecule has 0 bridgehead atoms. The molecule has 2 aromatic heterocycles. The highest BCUT2D eigenvalue weighted by Crippen LogP contribution is 2.34. The number of hydrogen-bond acceptors (Lipinski definition) is 5. The predicted molar refractivity (Wildman–Crippen MR) is 127 cm³/mol. The van der Waals surface area contributed by atoms with E-state index < -0.39 is 0 Å². The van der Waals surface area contributed by atoms with Crippen LogP contribution in [-0.2, 0) is 6.54 Å². The molecule has 5 nitrogen and oxygen atoms in total. The summed E-state index contributed by atoms with van der Waals surface area (Å²) in [5.41, 5.74) is 1.19. The summed E-state index contributed by atoms with van der Waals surface area (Å²) in [6.45, 7) is 0.255. The Labute approximate surface area is 193 Å². The molecule has 1 amide bonds. The summed E-state index contributed by atoms with van der Waals surface area (Å²) in [4.78, 5) is 19.7. The Bertz CT molecular complexity index is 1350. The van der Waals surface area contributed by atoms with E-state index in [2.05, 4.69) is 4.98 Å². The maximum atomic E-state index is 13.5. The molecule has 0 spiro atoms. The molecule has 0 aliphatic carbocycles. The molecule has 0 unspecified atom stereocenters. The van der Waals surface area contributed by atoms with Crippen LogP contribution in [-0.4, -0.2) is 10.9 Å². The van der Waals surface area contributed by atoms with Gasteiger partial charge in [-0.05, 0) is 60.7 Å². The minimum Gasteiger partial charge on any atom is -0.467 e. The van der Waals surface area contributed by atoms with Crippen molar-refractivity contribution in [3.05, 3.63) is 108 Å². The zero-order chi connectivity index (χ0) is 21.9. The molecule has 3 aromatic carbocycles. The van der Waals surface area contributed by atoms with Crippen LogP contribution < -0.4 is 9.64 Å². The molecule has 0 aliphatic heterocycles. The summed E-state index contributed by atoms with van der Waals surface area (Å²) in [6.07, 6.45) is 1.59. The van der Waals surface area contributed by atoms with Crippen molar-refractivity contribution in [1.82, 2.24) is 4.98 Å². The molecule has 32 heavy (non-hydrogen) atoms. The van der Waals surface area contributed by atoms with Gasteiger partial charge in [-0.3, -0.25) is 9.69 Å². The largest absolute Gasteiger partial charge is 0.467 e. The van der Waals surface area contributed by atoms with Gasteiger partial charge in [-0.15, -0.1) is 0 Å². The van der Waals surface area contributed by atoms with Gasteiger partial charge in [-0.1, -0.05) is 47.2 Å². The van der Waals surface area contributed by atoms with Gasteiger partial charge in [0.15, 0.2) is 5.13 Å². The van der Waals surface area contributed by atoms with E-state index in [0.29, 0.717) is 32.7 Å². The standard InChI is InChI=1S/C25H17ClN2O3S/c26-21-9-4-10-22-23(21)27-25(32-22)28(16-20-8-5-15-30-20)24(29)17-11-13-19(14-12-17)31-18-6-2-1-3-7-18/h1-15H,16H2. The van der Waals surface area contributed by atoms with Crippen LogP contribution in [0.4, 0.5) is 5.13 Å². The summed E-state index contributed by atoms with van der Waals surface area (Å²) in [6, 6.07) is 25.8. The van der Waals surface area contributed by atoms with Crippen molar-refractivity contribution in [1.29, 1.82) is 0 Å². The number of aromatic nitrogens is 1. The number of hydrogen-bond donors (Lipinski definition) is 0. The molecule has 2 heterocycles. The molecule has 7 heteroatoms. The third-order valence-corrected chi connectivity index (χ3v) is 6.16. The van der Waals surface area contributed by atoms with Gasteiger partial charge in [-0.2, -0.15) is 0 Å². The summed E-state index contributed by atoms with van der Waals surface area (Å²) >= 11 is 7.72. The molecule has 0 saturated heterocycles. The second kappa shape index (κ2) is 8.86. The van der Waals surface area contributed by atoms with Gasteiger partial charge in [0.05, 0.1) is 22.5 Å². The third-order valence-electron chi connectivity index (χ3n) is 4.81. The molecule has 5 aromatic rings. The fraction of sp³-hybridized carbons (Fsp3) is 0.0400. The van der Waals surface area contributed by atoms with Crippen molar-refractivity contribution in [2.24, 2.45) is 0 Å². The average Bonchev–Trinajstić information content (AvgIpc) is 3.49. The SMILES string of the molecule is O=C(c1ccc(Oc2ccccc2)cc1)N(Cc1ccco1)c1nc2c(Cl)cccc2s1. The number of carbonyl (C=O) groups excluding carboxylic acids is 1. The van der Waals surface area contributed by atoms with Crippen LogP contribution in [0.1, 0.15) is 16.1 Å². The van der Waals surface area contributed by atoms with E-state index in [1.54, 1.807) is 47.6 Å². The van der Waals surface area contributed by atoms with Crippen LogP contribution in [0.25, 0.3) is 10.2 Å². The van der Waals surface area contributed by atoms with E-state index in [4.69, 9.17) is 20.8 Å². The molecule has 0 radical (unpaired) electrons. The first-order chi connectivity index (χ1) is 15.7. The van der Waals surface area contributed by atoms with Gasteiger partial charge < -0.3 is 9.15 Å². The molecular formula is C25H17ClN2O3S. The predicted octanol–water partition coefficient (Wildman–Crippen LogP) is 7.18. The maximum absolute atomic E-state index is 13.5. The Morgan fingerprint density at radius 1 is 0.938 bits per heavy atom. The number of anilines is 1. The van der Waals surface area contributed by atoms with Crippen LogP contribution >= 0.6 is 22.9 Å². The van der Waals surface area contributed by atoms with E-state index >= 15 is 0 Å². The highest BCUT2D eigenvalue weighted by Gasteiger charge is 2.23. The maximum Gasteiger partial charge on any atom is 0.260 e. The summed E-state index contributed by atoms with van der Waals surface area (Å²) in [5, 5.41) is 1.11. The van der Waals surface area contributed by atoms with Crippen LogP contribution in [0.15, 0.2) is 95.6 Å². The molecule has 0 saturated carbocycles. The third kappa shape index (κ3) is 4.23. The van der Waals surface area contributed by atoms with Crippen molar-refractivity contribution < 1.29 is 13.9 Å². The second-order valence-electron chi connectivity index (χ2n) is 6.99. The van der Waals surface area contributed by atoms with Gasteiger partial charge >= 0.3 is 0 Å². The molecule has 5 rings (SSSR count). The lowest BCUT2D eigenvalue weighted by molar-refractivity contribution is 0.0983. The van der Waals surface area contributed by atoms with Crippen molar-refractivity contribution in [3.8, 4) is 11.5 Å². The van der Waals surface area contributed by atoms with Crippen LogP contribution in [0.3, 0.4) is 0 Å². The molecule has 0 N–H and O–H groups in total. The zero-order valence-electron chi connectivity index (χ0n) is 16.8. The van der Waals surface area contributed by atoms with E-state index in [9.17, 15) is 4.79 Å². The van der Waals surface area contributed by atoms with Gasteiger partial charge in [-0.25, -0.2) is 4.98 Å². The van der Waals surface area contributed by atoms with Gasteiger partial charge in [0.1, 0.15) is 22.8 Å². The lowest BCUT2D eigenvalue weighted by atomic mass is 10.2. The second-order valence-corrected chi connectivity index (χ2v) is 8.41. The van der Waals surface area contributed by atoms with E-state index in [1.165, 1.54) is 11.3 Å². The van der Waals surface area contributed by atoms with Gasteiger partial charge in [0.2, 0.25) is 0 Å². The average molecular weight is 461 g/mol. The fourth-order valence-electron chi connectivity index (χ4n) is 3.25. The highest BCUT2D eigenvalue weighted by atomic mass is 35.5. The molecule has 0 atom stereocenters. The summed E-state index contributed by atoms with van der Waals surface area (Å²) in [5.74, 6) is 1.85. The number of benzene rings is 3. The van der Waals surface area contributed by atoms with Crippen molar-refractivity contribution in [3.63, 3.8) is 0 Å². The first-order valence-electron chi connectivity index (χ1n) is 9.90. The van der Waals surface area contributed by atoms with E-state index in [1.807, 2.05) is 48.5 Å². The Hall–Kier alpha value is -3.61. The summed E-state index contributed by atoms with van der Waals surface area (Å²) < 4.78 is 12.2. The Balaban J connectivity index is 1.45. The quantitative estimate of drug-likeness (QED) is 0.269. The minimum absolute atomic E-state index is 0.192. The van der Waals surface area contributed by atoms with Crippen molar-refractivity contribution >= 4 is 44.2 Å². The number of furan rings is 1. The first-order valence-corrected chi connectivity index (χ1v) is 11.1. The number of nitrogens with zero attached hydrogens (tertiary/aromatic N) is 2. The number of thiazole rings is 1. The summed E-state index contributed by atoms with van der Waals surface area (Å²) in [7, 11) is 0. The van der Waals surface area contributed by atoms with E-state index in [-0.39, 0.29) is 12.5 Å². The monoisotopic (exact) mass is 460 g/mol. The zero-order valence-corrected chi connectivity index (χ0v) is 18.3. The Kier molecular flexibility index (Phi) is 5.62. The van der Waals surface area contributed by atoms with Gasteiger partial charge in [0, 0.05) is 5.56 Å². The topological polar surface area (TPSA) is 55.6 Å². The van der Waals surface area contributed by atoms with Crippen molar-refractivity contribution in [2.75, 3.05) is 4.90 Å². The number of carbonyl (C=O) groups is 1. The Morgan fingerprint density at radius 2 is 1.72 bits per heavy atom. The number of fused-ring (bicyclic) bond motifs is 1. The number of amides is 1. The fourth-order valence-corrected chi connectivity index (χ4v) is 4.51. The number of halogens is 1. The number of ether oxygens (including phenoxy) is 1. The van der Waals surface area contributed by atoms with Gasteiger partial charge in [0.25, 0.3) is 5.91 Å². The number of para-hydroxylation sites is 2. The smallest absolute Gasteiger partial charge is 0.260 e. The first kappa shape index (κ1) is 20.3. The van der Waals surface area contributed by atoms with Crippen LogP contribution in [0, 0.1) is 0 Å². The van der Waals surface area contributed by atoms with Crippen molar-refractivity contribution in [2.45, 2.75) is 6.54 Å². The number of rotatable bonds is 6. The van der Waals surface area contributed by atoms with E-state index in [0.717, 1.165) is 10.4 Å². The molecule has 0 aliphatic rings. The molecule has 158 valence electrons. The molecular weight excluding hydrogens is 444 g/mol. The molecule has 0 fully saturated rings. The highest BCUT2D eigenvalue weighted by molar-refractivity contribution is 7.22. The lowest BCUT2D eigenvalue weighted by Crippen LogP contribution is -2.30. The lowest BCUT2D eigenvalue weighted by Gasteiger charge is -2.19. The van der Waals surface area contributed by atoms with Crippen LogP contribution in [0.5, 0.6) is 11.5 Å². The van der Waals surface area contributed by atoms with Crippen LogP contribution in [0.2, 0.25) is 5.02 Å². The Morgan fingerprint density at radius 3 is 2.44 bits per heavy atom.